The van der Waals surface area contributed by atoms with Gasteiger partial charge < -0.3 is 9.15 Å². The fourth-order valence-corrected chi connectivity index (χ4v) is 5.46. The van der Waals surface area contributed by atoms with Gasteiger partial charge in [0.25, 0.3) is 0 Å². The van der Waals surface area contributed by atoms with Crippen molar-refractivity contribution in [2.45, 2.75) is 31.7 Å². The summed E-state index contributed by atoms with van der Waals surface area (Å²) in [6.07, 6.45) is 0.563. The van der Waals surface area contributed by atoms with Gasteiger partial charge in [-0.15, -0.1) is 0 Å². The second-order valence-corrected chi connectivity index (χ2v) is 10.5. The van der Waals surface area contributed by atoms with E-state index in [9.17, 15) is 13.2 Å². The number of carbonyl (C=O) groups excluding carboxylic acids is 1. The summed E-state index contributed by atoms with van der Waals surface area (Å²) in [7, 11) is -3.87. The summed E-state index contributed by atoms with van der Waals surface area (Å²) in [5.41, 5.74) is 2.85. The maximum absolute atomic E-state index is 13.8. The number of carbonyl (C=O) groups is 1. The van der Waals surface area contributed by atoms with Crippen LogP contribution in [-0.4, -0.2) is 31.8 Å². The van der Waals surface area contributed by atoms with Crippen LogP contribution >= 0.6 is 11.6 Å². The number of esters is 1. The third kappa shape index (κ3) is 5.59. The maximum Gasteiger partial charge on any atom is 0.374 e. The van der Waals surface area contributed by atoms with Crippen molar-refractivity contribution >= 4 is 38.6 Å². The van der Waals surface area contributed by atoms with Crippen LogP contribution in [0, 0.1) is 6.92 Å². The molecular weight excluding hydrogens is 486 g/mol. The molecule has 0 atom stereocenters. The fourth-order valence-electron chi connectivity index (χ4n) is 3.88. The Morgan fingerprint density at radius 3 is 2.40 bits per heavy atom. The molecule has 0 bridgehead atoms. The first-order valence-electron chi connectivity index (χ1n) is 11.3. The molecule has 0 N–H and O–H groups in total. The number of aryl methyl sites for hydroxylation is 1. The van der Waals surface area contributed by atoms with Crippen molar-refractivity contribution in [1.29, 1.82) is 0 Å². The van der Waals surface area contributed by atoms with Gasteiger partial charge >= 0.3 is 5.97 Å². The number of fused-ring (bicyclic) bond motifs is 1. The summed E-state index contributed by atoms with van der Waals surface area (Å²) >= 11 is 6.02. The van der Waals surface area contributed by atoms with Crippen molar-refractivity contribution in [2.75, 3.05) is 13.2 Å². The summed E-state index contributed by atoms with van der Waals surface area (Å²) in [5.74, 6) is -0.490. The predicted octanol–water partition coefficient (Wildman–Crippen LogP) is 6.00. The molecule has 0 aliphatic carbocycles. The zero-order chi connectivity index (χ0) is 25.0. The summed E-state index contributed by atoms with van der Waals surface area (Å²) in [5, 5.41) is 1.15. The first-order chi connectivity index (χ1) is 16.8. The quantitative estimate of drug-likeness (QED) is 0.257. The zero-order valence-electron chi connectivity index (χ0n) is 19.5. The van der Waals surface area contributed by atoms with Gasteiger partial charge in [0.05, 0.1) is 11.5 Å². The SMILES string of the molecule is CCOC(=O)c1oc2ccc(S(=O)(=O)N(CCc3ccccc3)Cc3ccc(Cl)cc3)cc2c1C. The Labute approximate surface area is 210 Å². The van der Waals surface area contributed by atoms with Gasteiger partial charge in [-0.25, -0.2) is 13.2 Å². The van der Waals surface area contributed by atoms with Crippen LogP contribution in [0.25, 0.3) is 11.0 Å². The molecule has 0 saturated carbocycles. The Kier molecular flexibility index (Phi) is 7.60. The Morgan fingerprint density at radius 1 is 1.00 bits per heavy atom. The molecule has 1 heterocycles. The molecule has 0 amide bonds. The normalized spacial score (nSPS) is 11.8. The van der Waals surface area contributed by atoms with Crippen LogP contribution in [0.3, 0.4) is 0 Å². The van der Waals surface area contributed by atoms with E-state index in [0.717, 1.165) is 11.1 Å². The van der Waals surface area contributed by atoms with Crippen molar-refractivity contribution in [2.24, 2.45) is 0 Å². The van der Waals surface area contributed by atoms with Crippen molar-refractivity contribution in [3.05, 3.63) is 100 Å². The van der Waals surface area contributed by atoms with E-state index in [0.29, 0.717) is 34.5 Å². The smallest absolute Gasteiger partial charge is 0.374 e. The van der Waals surface area contributed by atoms with Crippen molar-refractivity contribution < 1.29 is 22.4 Å². The van der Waals surface area contributed by atoms with E-state index in [4.69, 9.17) is 20.8 Å². The third-order valence-electron chi connectivity index (χ3n) is 5.77. The number of furan rings is 1. The van der Waals surface area contributed by atoms with Gasteiger partial charge in [0.15, 0.2) is 0 Å². The first kappa shape index (κ1) is 25.0. The van der Waals surface area contributed by atoms with E-state index in [2.05, 4.69) is 0 Å². The molecule has 0 unspecified atom stereocenters. The number of benzene rings is 3. The lowest BCUT2D eigenvalue weighted by Crippen LogP contribution is -2.32. The Bertz CT molecular complexity index is 1430. The van der Waals surface area contributed by atoms with Crippen molar-refractivity contribution in [1.82, 2.24) is 4.31 Å². The minimum atomic E-state index is -3.87. The van der Waals surface area contributed by atoms with Crippen LogP contribution in [0.15, 0.2) is 82.1 Å². The lowest BCUT2D eigenvalue weighted by molar-refractivity contribution is 0.0491. The molecule has 1 aromatic heterocycles. The molecule has 0 aliphatic rings. The highest BCUT2D eigenvalue weighted by Gasteiger charge is 2.27. The minimum absolute atomic E-state index is 0.0819. The van der Waals surface area contributed by atoms with Crippen LogP contribution in [0.4, 0.5) is 0 Å². The number of rotatable bonds is 9. The second-order valence-electron chi connectivity index (χ2n) is 8.14. The molecule has 6 nitrogen and oxygen atoms in total. The molecule has 0 radical (unpaired) electrons. The minimum Gasteiger partial charge on any atom is -0.460 e. The highest BCUT2D eigenvalue weighted by atomic mass is 35.5. The number of ether oxygens (including phenoxy) is 1. The Hall–Kier alpha value is -3.13. The Balaban J connectivity index is 1.69. The molecule has 3 aromatic carbocycles. The molecule has 0 aliphatic heterocycles. The van der Waals surface area contributed by atoms with Gasteiger partial charge in [0.2, 0.25) is 15.8 Å². The maximum atomic E-state index is 13.8. The average molecular weight is 512 g/mol. The van der Waals surface area contributed by atoms with E-state index in [1.165, 1.54) is 10.4 Å². The zero-order valence-corrected chi connectivity index (χ0v) is 21.1. The summed E-state index contributed by atoms with van der Waals surface area (Å²) in [6, 6.07) is 21.5. The van der Waals surface area contributed by atoms with E-state index in [-0.39, 0.29) is 23.8 Å². The lowest BCUT2D eigenvalue weighted by Gasteiger charge is -2.23. The Morgan fingerprint density at radius 2 is 1.71 bits per heavy atom. The van der Waals surface area contributed by atoms with E-state index >= 15 is 0 Å². The number of hydrogen-bond acceptors (Lipinski definition) is 5. The number of nitrogens with zero attached hydrogens (tertiary/aromatic N) is 1. The number of hydrogen-bond donors (Lipinski definition) is 0. The number of halogens is 1. The van der Waals surface area contributed by atoms with Gasteiger partial charge in [0, 0.05) is 29.1 Å². The van der Waals surface area contributed by atoms with Gasteiger partial charge in [0.1, 0.15) is 5.58 Å². The highest BCUT2D eigenvalue weighted by Crippen LogP contribution is 2.30. The van der Waals surface area contributed by atoms with Gasteiger partial charge in [-0.2, -0.15) is 4.31 Å². The van der Waals surface area contributed by atoms with E-state index in [1.54, 1.807) is 38.1 Å². The molecule has 4 rings (SSSR count). The van der Waals surface area contributed by atoms with Gasteiger partial charge in [-0.05, 0) is 61.7 Å². The molecule has 8 heteroatoms. The number of sulfonamides is 1. The van der Waals surface area contributed by atoms with Crippen LogP contribution in [0.5, 0.6) is 0 Å². The standard InChI is InChI=1S/C27H26ClNO5S/c1-3-33-27(30)26-19(2)24-17-23(13-14-25(24)34-26)35(31,32)29(16-15-20-7-5-4-6-8-20)18-21-9-11-22(28)12-10-21/h4-14,17H,3,15-16,18H2,1-2H3. The summed E-state index contributed by atoms with van der Waals surface area (Å²) in [6.45, 7) is 4.14. The summed E-state index contributed by atoms with van der Waals surface area (Å²) < 4.78 is 39.8. The van der Waals surface area contributed by atoms with Gasteiger partial charge in [-0.3, -0.25) is 0 Å². The summed E-state index contributed by atoms with van der Waals surface area (Å²) in [4.78, 5) is 12.4. The topological polar surface area (TPSA) is 76.8 Å². The third-order valence-corrected chi connectivity index (χ3v) is 7.86. The van der Waals surface area contributed by atoms with Crippen molar-refractivity contribution in [3.8, 4) is 0 Å². The molecule has 35 heavy (non-hydrogen) atoms. The molecule has 0 spiro atoms. The van der Waals surface area contributed by atoms with Crippen molar-refractivity contribution in [3.63, 3.8) is 0 Å². The largest absolute Gasteiger partial charge is 0.460 e. The van der Waals surface area contributed by atoms with E-state index < -0.39 is 16.0 Å². The average Bonchev–Trinajstić information content (AvgIpc) is 3.19. The molecule has 0 saturated heterocycles. The van der Waals surface area contributed by atoms with Crippen LogP contribution < -0.4 is 0 Å². The van der Waals surface area contributed by atoms with Crippen LogP contribution in [-0.2, 0) is 27.7 Å². The highest BCUT2D eigenvalue weighted by molar-refractivity contribution is 7.89. The first-order valence-corrected chi connectivity index (χ1v) is 13.1. The lowest BCUT2D eigenvalue weighted by atomic mass is 10.1. The van der Waals surface area contributed by atoms with E-state index in [1.807, 2.05) is 42.5 Å². The van der Waals surface area contributed by atoms with Crippen LogP contribution in [0.2, 0.25) is 5.02 Å². The van der Waals surface area contributed by atoms with Gasteiger partial charge in [-0.1, -0.05) is 54.1 Å². The molecule has 0 fully saturated rings. The molecule has 182 valence electrons. The second kappa shape index (κ2) is 10.6. The fraction of sp³-hybridized carbons (Fsp3) is 0.222. The molecular formula is C27H26ClNO5S. The monoisotopic (exact) mass is 511 g/mol. The predicted molar refractivity (Wildman–Crippen MR) is 136 cm³/mol. The molecule has 4 aromatic rings. The van der Waals surface area contributed by atoms with Crippen LogP contribution in [0.1, 0.15) is 34.2 Å².